The standard InChI is InChI=1S/C20H22N2O2/c21-11-17-19(18(12-23)22(17)20(24)14-9-10-14)16-8-4-3-7-15(16)13-5-1-2-6-13/h3-5,7-8,14,17-19,23H,1-2,6,9-10,12H2/t17-,18+,19-/m0/s1. The van der Waals surface area contributed by atoms with Crippen molar-refractivity contribution in [2.45, 2.75) is 50.1 Å². The number of hydrogen-bond donors (Lipinski definition) is 1. The zero-order chi connectivity index (χ0) is 16.7. The summed E-state index contributed by atoms with van der Waals surface area (Å²) in [6.45, 7) is -0.0886. The summed E-state index contributed by atoms with van der Waals surface area (Å²) in [6, 6.07) is 9.78. The van der Waals surface area contributed by atoms with E-state index in [4.69, 9.17) is 0 Å². The van der Waals surface area contributed by atoms with Crippen LogP contribution >= 0.6 is 0 Å². The predicted octanol–water partition coefficient (Wildman–Crippen LogP) is 2.84. The molecule has 0 unspecified atom stereocenters. The van der Waals surface area contributed by atoms with Gasteiger partial charge in [0.25, 0.3) is 0 Å². The van der Waals surface area contributed by atoms with E-state index >= 15 is 0 Å². The van der Waals surface area contributed by atoms with Gasteiger partial charge in [0.15, 0.2) is 0 Å². The van der Waals surface area contributed by atoms with Gasteiger partial charge in [0.2, 0.25) is 5.91 Å². The normalized spacial score (nSPS) is 28.9. The summed E-state index contributed by atoms with van der Waals surface area (Å²) >= 11 is 0. The number of benzene rings is 1. The Morgan fingerprint density at radius 3 is 2.75 bits per heavy atom. The fourth-order valence-electron chi connectivity index (χ4n) is 4.22. The molecular weight excluding hydrogens is 300 g/mol. The molecule has 2 aliphatic carbocycles. The Bertz CT molecular complexity index is 729. The van der Waals surface area contributed by atoms with Crippen LogP contribution in [0.1, 0.15) is 49.1 Å². The van der Waals surface area contributed by atoms with Gasteiger partial charge in [-0.15, -0.1) is 0 Å². The van der Waals surface area contributed by atoms with Crippen molar-refractivity contribution < 1.29 is 9.90 Å². The Balaban J connectivity index is 1.68. The largest absolute Gasteiger partial charge is 0.394 e. The number of amides is 1. The number of carbonyl (C=O) groups is 1. The molecule has 1 amide bonds. The van der Waals surface area contributed by atoms with Crippen LogP contribution in [0.2, 0.25) is 0 Å². The Hall–Kier alpha value is -2.12. The van der Waals surface area contributed by atoms with Crippen molar-refractivity contribution in [3.8, 4) is 6.07 Å². The highest BCUT2D eigenvalue weighted by molar-refractivity contribution is 5.84. The summed E-state index contributed by atoms with van der Waals surface area (Å²) in [7, 11) is 0. The highest BCUT2D eigenvalue weighted by atomic mass is 16.3. The second-order valence-corrected chi connectivity index (χ2v) is 7.08. The molecule has 3 atom stereocenters. The fraction of sp³-hybridized carbons (Fsp3) is 0.500. The van der Waals surface area contributed by atoms with Gasteiger partial charge in [-0.05, 0) is 48.8 Å². The first-order valence-electron chi connectivity index (χ1n) is 8.87. The van der Waals surface area contributed by atoms with Crippen LogP contribution in [0.25, 0.3) is 5.57 Å². The molecule has 3 aliphatic rings. The molecular formula is C20H22N2O2. The summed E-state index contributed by atoms with van der Waals surface area (Å²) in [6.07, 6.45) is 7.45. The van der Waals surface area contributed by atoms with Gasteiger partial charge >= 0.3 is 0 Å². The van der Waals surface area contributed by atoms with Gasteiger partial charge in [0.05, 0.1) is 18.7 Å². The highest BCUT2D eigenvalue weighted by Gasteiger charge is 2.54. The van der Waals surface area contributed by atoms with Crippen LogP contribution in [0.5, 0.6) is 0 Å². The molecule has 124 valence electrons. The van der Waals surface area contributed by atoms with E-state index in [1.54, 1.807) is 4.90 Å². The Labute approximate surface area is 142 Å². The molecule has 1 saturated heterocycles. The molecule has 1 aromatic carbocycles. The van der Waals surface area contributed by atoms with E-state index < -0.39 is 6.04 Å². The maximum absolute atomic E-state index is 12.5. The molecule has 4 rings (SSSR count). The third kappa shape index (κ3) is 2.35. The lowest BCUT2D eigenvalue weighted by Gasteiger charge is -2.52. The zero-order valence-corrected chi connectivity index (χ0v) is 13.7. The molecule has 24 heavy (non-hydrogen) atoms. The first-order valence-corrected chi connectivity index (χ1v) is 8.87. The van der Waals surface area contributed by atoms with Crippen molar-refractivity contribution in [1.82, 2.24) is 4.90 Å². The van der Waals surface area contributed by atoms with Crippen LogP contribution in [0.4, 0.5) is 0 Å². The maximum Gasteiger partial charge on any atom is 0.227 e. The van der Waals surface area contributed by atoms with E-state index in [-0.39, 0.29) is 30.4 Å². The van der Waals surface area contributed by atoms with E-state index in [0.29, 0.717) is 0 Å². The van der Waals surface area contributed by atoms with Crippen LogP contribution in [0.15, 0.2) is 30.3 Å². The molecule has 0 aromatic heterocycles. The predicted molar refractivity (Wildman–Crippen MR) is 90.9 cm³/mol. The summed E-state index contributed by atoms with van der Waals surface area (Å²) in [4.78, 5) is 14.1. The third-order valence-electron chi connectivity index (χ3n) is 5.62. The summed E-state index contributed by atoms with van der Waals surface area (Å²) in [5.41, 5.74) is 3.64. The molecule has 1 aromatic rings. The van der Waals surface area contributed by atoms with Crippen molar-refractivity contribution in [3.63, 3.8) is 0 Å². The number of nitrogens with zero attached hydrogens (tertiary/aromatic N) is 2. The summed E-state index contributed by atoms with van der Waals surface area (Å²) in [5.74, 6) is 0.0263. The van der Waals surface area contributed by atoms with Crippen molar-refractivity contribution in [1.29, 1.82) is 5.26 Å². The molecule has 1 N–H and O–H groups in total. The van der Waals surface area contributed by atoms with Crippen molar-refractivity contribution in [3.05, 3.63) is 41.5 Å². The number of rotatable bonds is 4. The quantitative estimate of drug-likeness (QED) is 0.927. The molecule has 0 radical (unpaired) electrons. The van der Waals surface area contributed by atoms with Gasteiger partial charge in [-0.3, -0.25) is 4.79 Å². The minimum atomic E-state index is -0.460. The van der Waals surface area contributed by atoms with Crippen LogP contribution in [0.3, 0.4) is 0 Å². The van der Waals surface area contributed by atoms with Crippen molar-refractivity contribution >= 4 is 11.5 Å². The molecule has 0 bridgehead atoms. The second-order valence-electron chi connectivity index (χ2n) is 7.08. The molecule has 4 nitrogen and oxygen atoms in total. The lowest BCUT2D eigenvalue weighted by atomic mass is 9.73. The minimum Gasteiger partial charge on any atom is -0.394 e. The number of carbonyl (C=O) groups excluding carboxylic acids is 1. The zero-order valence-electron chi connectivity index (χ0n) is 13.7. The SMILES string of the molecule is N#C[C@H]1[C@H](c2ccccc2C2=CCCC2)[C@@H](CO)N1C(=O)C1CC1. The molecule has 1 saturated carbocycles. The number of aliphatic hydroxyl groups is 1. The summed E-state index contributed by atoms with van der Waals surface area (Å²) < 4.78 is 0. The van der Waals surface area contributed by atoms with Gasteiger partial charge in [-0.2, -0.15) is 5.26 Å². The van der Waals surface area contributed by atoms with E-state index in [2.05, 4.69) is 24.3 Å². The molecule has 1 aliphatic heterocycles. The molecule has 1 heterocycles. The van der Waals surface area contributed by atoms with Gasteiger partial charge in [-0.25, -0.2) is 0 Å². The average molecular weight is 322 g/mol. The lowest BCUT2D eigenvalue weighted by molar-refractivity contribution is -0.148. The summed E-state index contributed by atoms with van der Waals surface area (Å²) in [5, 5.41) is 19.6. The number of likely N-dealkylation sites (tertiary alicyclic amines) is 1. The first-order chi connectivity index (χ1) is 11.8. The minimum absolute atomic E-state index is 0.0504. The van der Waals surface area contributed by atoms with E-state index in [1.807, 2.05) is 12.1 Å². The first kappa shape index (κ1) is 15.4. The number of allylic oxidation sites excluding steroid dienone is 2. The monoisotopic (exact) mass is 322 g/mol. The smallest absolute Gasteiger partial charge is 0.227 e. The number of hydrogen-bond acceptors (Lipinski definition) is 3. The Morgan fingerprint density at radius 2 is 2.12 bits per heavy atom. The maximum atomic E-state index is 12.5. The van der Waals surface area contributed by atoms with Crippen molar-refractivity contribution in [2.75, 3.05) is 6.61 Å². The van der Waals surface area contributed by atoms with Crippen LogP contribution in [-0.4, -0.2) is 34.6 Å². The third-order valence-corrected chi connectivity index (χ3v) is 5.62. The van der Waals surface area contributed by atoms with Crippen LogP contribution < -0.4 is 0 Å². The average Bonchev–Trinajstić information content (AvgIpc) is 3.30. The van der Waals surface area contributed by atoms with E-state index in [0.717, 1.165) is 31.2 Å². The fourth-order valence-corrected chi connectivity index (χ4v) is 4.22. The van der Waals surface area contributed by atoms with Gasteiger partial charge in [0, 0.05) is 11.8 Å². The number of aliphatic hydroxyl groups excluding tert-OH is 1. The van der Waals surface area contributed by atoms with Gasteiger partial charge < -0.3 is 10.0 Å². The van der Waals surface area contributed by atoms with Crippen LogP contribution in [0, 0.1) is 17.2 Å². The van der Waals surface area contributed by atoms with Gasteiger partial charge in [-0.1, -0.05) is 30.3 Å². The van der Waals surface area contributed by atoms with Crippen molar-refractivity contribution in [2.24, 2.45) is 5.92 Å². The highest BCUT2D eigenvalue weighted by Crippen LogP contribution is 2.46. The Kier molecular flexibility index (Phi) is 3.90. The van der Waals surface area contributed by atoms with Gasteiger partial charge in [0.1, 0.15) is 6.04 Å². The van der Waals surface area contributed by atoms with E-state index in [9.17, 15) is 15.2 Å². The molecule has 2 fully saturated rings. The number of nitriles is 1. The molecule has 0 spiro atoms. The van der Waals surface area contributed by atoms with Crippen LogP contribution in [-0.2, 0) is 4.79 Å². The molecule has 4 heteroatoms. The lowest BCUT2D eigenvalue weighted by Crippen LogP contribution is -2.65. The Morgan fingerprint density at radius 1 is 1.33 bits per heavy atom. The topological polar surface area (TPSA) is 64.3 Å². The van der Waals surface area contributed by atoms with E-state index in [1.165, 1.54) is 17.6 Å². The second kappa shape index (κ2) is 6.07.